The van der Waals surface area contributed by atoms with Gasteiger partial charge in [0.15, 0.2) is 5.82 Å². The molecule has 0 bridgehead atoms. The van der Waals surface area contributed by atoms with Crippen molar-refractivity contribution in [3.63, 3.8) is 0 Å². The van der Waals surface area contributed by atoms with Crippen LogP contribution in [0.15, 0.2) is 76.4 Å². The lowest BCUT2D eigenvalue weighted by molar-refractivity contribution is -0.105. The fourth-order valence-corrected chi connectivity index (χ4v) is 4.56. The first kappa shape index (κ1) is 26.5. The Morgan fingerprint density at radius 3 is 2.40 bits per heavy atom. The normalized spacial score (nSPS) is 11.2. The van der Waals surface area contributed by atoms with Crippen LogP contribution in [0.25, 0.3) is 22.5 Å². The minimum atomic E-state index is -0.719. The van der Waals surface area contributed by atoms with Crippen molar-refractivity contribution >= 4 is 17.6 Å². The van der Waals surface area contributed by atoms with Gasteiger partial charge in [-0.2, -0.15) is 0 Å². The number of rotatable bonds is 9. The van der Waals surface area contributed by atoms with E-state index in [0.717, 1.165) is 10.1 Å². The average Bonchev–Trinajstić information content (AvgIpc) is 3.31. The molecular weight excluding hydrogens is 517 g/mol. The molecule has 2 aromatic carbocycles. The summed E-state index contributed by atoms with van der Waals surface area (Å²) in [4.78, 5) is 40.7. The van der Waals surface area contributed by atoms with E-state index in [1.54, 1.807) is 36.5 Å². The molecule has 5 rings (SSSR count). The lowest BCUT2D eigenvalue weighted by Gasteiger charge is -2.15. The van der Waals surface area contributed by atoms with E-state index in [2.05, 4.69) is 15.5 Å². The van der Waals surface area contributed by atoms with Gasteiger partial charge in [0, 0.05) is 41.2 Å². The van der Waals surface area contributed by atoms with Crippen molar-refractivity contribution in [2.45, 2.75) is 13.1 Å². The smallest absolute Gasteiger partial charge is 0.352 e. The second-order valence-corrected chi connectivity index (χ2v) is 9.30. The summed E-state index contributed by atoms with van der Waals surface area (Å²) in [6, 6.07) is 16.2. The zero-order valence-corrected chi connectivity index (χ0v) is 22.0. The molecule has 0 spiro atoms. The van der Waals surface area contributed by atoms with Gasteiger partial charge in [-0.05, 0) is 43.9 Å². The Kier molecular flexibility index (Phi) is 7.25. The van der Waals surface area contributed by atoms with E-state index >= 15 is 0 Å². The molecule has 3 aromatic heterocycles. The van der Waals surface area contributed by atoms with Crippen LogP contribution < -0.4 is 21.3 Å². The van der Waals surface area contributed by atoms with Crippen LogP contribution in [0.5, 0.6) is 5.88 Å². The van der Waals surface area contributed by atoms with E-state index in [4.69, 9.17) is 4.74 Å². The molecule has 5 aromatic rings. The Bertz CT molecular complexity index is 1810. The Balaban J connectivity index is 1.84. The van der Waals surface area contributed by atoms with E-state index in [1.165, 1.54) is 34.5 Å². The van der Waals surface area contributed by atoms with Gasteiger partial charge < -0.3 is 15.0 Å². The Morgan fingerprint density at radius 1 is 1.02 bits per heavy atom. The molecule has 0 saturated heterocycles. The van der Waals surface area contributed by atoms with Gasteiger partial charge >= 0.3 is 5.69 Å². The largest absolute Gasteiger partial charge is 0.480 e. The van der Waals surface area contributed by atoms with Crippen LogP contribution in [0.4, 0.5) is 10.1 Å². The number of fused-ring (bicyclic) bond motifs is 1. The lowest BCUT2D eigenvalue weighted by atomic mass is 10.0. The van der Waals surface area contributed by atoms with Gasteiger partial charge in [0.05, 0.1) is 13.7 Å². The SMILES string of the molecule is COc1ccc(-n2c(=O)c3c(CN(C)C)c(-c4ccc(NC=O)cc4)cn3n(Cc3ccccc3F)c2=O)nn1. The summed E-state index contributed by atoms with van der Waals surface area (Å²) >= 11 is 0. The van der Waals surface area contributed by atoms with Crippen LogP contribution in [-0.2, 0) is 17.9 Å². The van der Waals surface area contributed by atoms with Gasteiger partial charge in [-0.1, -0.05) is 30.3 Å². The number of halogens is 1. The minimum absolute atomic E-state index is 0.00317. The molecular formula is C28H26FN7O4. The first-order valence-corrected chi connectivity index (χ1v) is 12.3. The van der Waals surface area contributed by atoms with Crippen molar-refractivity contribution in [1.82, 2.24) is 28.9 Å². The van der Waals surface area contributed by atoms with Gasteiger partial charge in [-0.25, -0.2) is 18.4 Å². The van der Waals surface area contributed by atoms with E-state index in [0.29, 0.717) is 29.8 Å². The van der Waals surface area contributed by atoms with Gasteiger partial charge in [-0.3, -0.25) is 14.1 Å². The maximum absolute atomic E-state index is 14.7. The molecule has 11 nitrogen and oxygen atoms in total. The monoisotopic (exact) mass is 543 g/mol. The number of aromatic nitrogens is 5. The number of nitrogens with zero attached hydrogens (tertiary/aromatic N) is 6. The Hall–Kier alpha value is -5.10. The number of amides is 1. The molecule has 3 heterocycles. The molecule has 40 heavy (non-hydrogen) atoms. The number of benzene rings is 2. The average molecular weight is 544 g/mol. The number of ether oxygens (including phenoxy) is 1. The van der Waals surface area contributed by atoms with Crippen LogP contribution in [-0.4, -0.2) is 56.5 Å². The highest BCUT2D eigenvalue weighted by molar-refractivity contribution is 5.78. The summed E-state index contributed by atoms with van der Waals surface area (Å²) < 4.78 is 23.5. The molecule has 12 heteroatoms. The first-order chi connectivity index (χ1) is 19.3. The highest BCUT2D eigenvalue weighted by atomic mass is 19.1. The number of hydrogen-bond acceptors (Lipinski definition) is 7. The van der Waals surface area contributed by atoms with E-state index < -0.39 is 17.1 Å². The third-order valence-electron chi connectivity index (χ3n) is 6.41. The fraction of sp³-hybridized carbons (Fsp3) is 0.179. The number of anilines is 1. The molecule has 204 valence electrons. The second-order valence-electron chi connectivity index (χ2n) is 9.30. The minimum Gasteiger partial charge on any atom is -0.480 e. The summed E-state index contributed by atoms with van der Waals surface area (Å²) in [7, 11) is 5.17. The van der Waals surface area contributed by atoms with Crippen molar-refractivity contribution in [3.05, 3.63) is 105 Å². The summed E-state index contributed by atoms with van der Waals surface area (Å²) in [6.45, 7) is 0.213. The standard InChI is InChI=1S/C28H26FN7O4/c1-33(2)15-22-21(18-8-10-20(11-9-18)30-17-37)16-34-26(22)27(38)36(24-12-13-25(40-3)32-31-24)28(39)35(34)14-19-6-4-5-7-23(19)29/h4-13,16-17H,14-15H2,1-3H3,(H,30,37). The molecule has 0 saturated carbocycles. The first-order valence-electron chi connectivity index (χ1n) is 12.3. The maximum Gasteiger partial charge on any atom is 0.352 e. The van der Waals surface area contributed by atoms with Crippen LogP contribution >= 0.6 is 0 Å². The molecule has 0 fully saturated rings. The van der Waals surface area contributed by atoms with Gasteiger partial charge in [0.2, 0.25) is 12.3 Å². The number of nitrogens with one attached hydrogen (secondary N) is 1. The van der Waals surface area contributed by atoms with Crippen LogP contribution in [0.3, 0.4) is 0 Å². The summed E-state index contributed by atoms with van der Waals surface area (Å²) in [5.41, 5.74) is 1.90. The Morgan fingerprint density at radius 2 is 1.77 bits per heavy atom. The van der Waals surface area contributed by atoms with Crippen LogP contribution in [0.2, 0.25) is 0 Å². The topological polar surface area (TPSA) is 116 Å². The molecule has 0 aliphatic rings. The van der Waals surface area contributed by atoms with E-state index in [-0.39, 0.29) is 29.3 Å². The summed E-state index contributed by atoms with van der Waals surface area (Å²) in [5, 5.41) is 10.6. The predicted octanol–water partition coefficient (Wildman–Crippen LogP) is 2.53. The fourth-order valence-electron chi connectivity index (χ4n) is 4.56. The number of carbonyl (C=O) groups is 1. The van der Waals surface area contributed by atoms with Gasteiger partial charge in [0.25, 0.3) is 5.56 Å². The zero-order valence-electron chi connectivity index (χ0n) is 22.0. The third kappa shape index (κ3) is 4.87. The van der Waals surface area contributed by atoms with Crippen molar-refractivity contribution in [2.24, 2.45) is 0 Å². The molecule has 0 radical (unpaired) electrons. The van der Waals surface area contributed by atoms with E-state index in [1.807, 2.05) is 31.1 Å². The van der Waals surface area contributed by atoms with Gasteiger partial charge in [-0.15, -0.1) is 10.2 Å². The van der Waals surface area contributed by atoms with Crippen LogP contribution in [0.1, 0.15) is 11.1 Å². The quantitative estimate of drug-likeness (QED) is 0.284. The van der Waals surface area contributed by atoms with E-state index in [9.17, 15) is 18.8 Å². The molecule has 0 atom stereocenters. The summed E-state index contributed by atoms with van der Waals surface area (Å²) in [6.07, 6.45) is 2.29. The number of hydrogen-bond donors (Lipinski definition) is 1. The third-order valence-corrected chi connectivity index (χ3v) is 6.41. The maximum atomic E-state index is 14.7. The highest BCUT2D eigenvalue weighted by Crippen LogP contribution is 2.29. The van der Waals surface area contributed by atoms with Crippen molar-refractivity contribution in [2.75, 3.05) is 26.5 Å². The number of methoxy groups -OCH3 is 1. The van der Waals surface area contributed by atoms with Gasteiger partial charge in [0.1, 0.15) is 11.3 Å². The van der Waals surface area contributed by atoms with Crippen molar-refractivity contribution in [1.29, 1.82) is 0 Å². The molecule has 1 amide bonds. The highest BCUT2D eigenvalue weighted by Gasteiger charge is 2.23. The Labute approximate surface area is 227 Å². The lowest BCUT2D eigenvalue weighted by Crippen LogP contribution is -2.43. The second kappa shape index (κ2) is 10.9. The van der Waals surface area contributed by atoms with Crippen molar-refractivity contribution < 1.29 is 13.9 Å². The molecule has 1 N–H and O–H groups in total. The zero-order chi connectivity index (χ0) is 28.4. The summed E-state index contributed by atoms with van der Waals surface area (Å²) in [5.74, 6) is -0.262. The molecule has 0 aliphatic heterocycles. The predicted molar refractivity (Wildman–Crippen MR) is 147 cm³/mol. The number of carbonyl (C=O) groups excluding carboxylic acids is 1. The molecule has 0 unspecified atom stereocenters. The van der Waals surface area contributed by atoms with Crippen LogP contribution in [0, 0.1) is 5.82 Å². The van der Waals surface area contributed by atoms with Crippen molar-refractivity contribution in [3.8, 4) is 22.8 Å². The molecule has 0 aliphatic carbocycles.